The number of amides is 1. The molecule has 1 amide bonds. The average molecular weight is 1070 g/mol. The number of nitrogens with zero attached hydrogens (tertiary/aromatic N) is 2. The van der Waals surface area contributed by atoms with E-state index >= 15 is 0 Å². The van der Waals surface area contributed by atoms with Crippen LogP contribution < -0.4 is 5.06 Å². The molecule has 18 atom stereocenters. The monoisotopic (exact) mass is 1070 g/mol. The van der Waals surface area contributed by atoms with Crippen LogP contribution in [0.4, 0.5) is 5.69 Å². The van der Waals surface area contributed by atoms with E-state index in [9.17, 15) is 39.3 Å². The van der Waals surface area contributed by atoms with Crippen LogP contribution in [0.15, 0.2) is 53.6 Å². The van der Waals surface area contributed by atoms with Crippen LogP contribution in [-0.2, 0) is 52.5 Å². The zero-order chi connectivity index (χ0) is 53.9. The molecular weight excluding hydrogens is 996 g/mol. The van der Waals surface area contributed by atoms with Gasteiger partial charge in [0.1, 0.15) is 41.9 Å². The normalized spacial score (nSPS) is 40.2. The highest BCUT2D eigenvalue weighted by Crippen LogP contribution is 2.46. The van der Waals surface area contributed by atoms with Gasteiger partial charge in [-0.3, -0.25) is 24.0 Å². The maximum atomic E-state index is 14.7. The van der Waals surface area contributed by atoms with E-state index in [0.29, 0.717) is 79.1 Å². The Morgan fingerprint density at radius 3 is 2.23 bits per heavy atom. The topological polar surface area (TPSA) is 208 Å². The van der Waals surface area contributed by atoms with Gasteiger partial charge < -0.3 is 43.9 Å². The van der Waals surface area contributed by atoms with Gasteiger partial charge in [0.15, 0.2) is 5.78 Å². The lowest BCUT2D eigenvalue weighted by Gasteiger charge is -2.50. The van der Waals surface area contributed by atoms with Crippen molar-refractivity contribution in [2.24, 2.45) is 41.4 Å². The summed E-state index contributed by atoms with van der Waals surface area (Å²) in [4.78, 5) is 80.1. The van der Waals surface area contributed by atoms with E-state index in [1.807, 2.05) is 32.1 Å². The van der Waals surface area contributed by atoms with Crippen LogP contribution in [0.1, 0.15) is 112 Å². The molecule has 3 unspecified atom stereocenters. The Bertz CT molecular complexity index is 2290. The quantitative estimate of drug-likeness (QED) is 0.145. The van der Waals surface area contributed by atoms with Gasteiger partial charge >= 0.3 is 5.97 Å². The Labute approximate surface area is 446 Å². The number of carbonyl (C=O) groups excluding carboxylic acids is 5. The highest BCUT2D eigenvalue weighted by molar-refractivity contribution is 6.39. The fourth-order valence-electron chi connectivity index (χ4n) is 12.7. The molecule has 0 spiro atoms. The van der Waals surface area contributed by atoms with Crippen LogP contribution in [0.5, 0.6) is 0 Å². The van der Waals surface area contributed by atoms with E-state index in [1.54, 1.807) is 71.3 Å². The van der Waals surface area contributed by atoms with Crippen LogP contribution in [0.25, 0.3) is 0 Å². The molecule has 3 N–H and O–H groups in total. The first-order valence-electron chi connectivity index (χ1n) is 26.5. The summed E-state index contributed by atoms with van der Waals surface area (Å²) >= 11 is 13.6. The number of piperidine rings is 1. The zero-order valence-corrected chi connectivity index (χ0v) is 45.8. The Balaban J connectivity index is 1.25. The molecule has 8 aliphatic heterocycles. The van der Waals surface area contributed by atoms with Crippen LogP contribution in [0, 0.1) is 41.4 Å². The van der Waals surface area contributed by atoms with E-state index < -0.39 is 114 Å². The van der Waals surface area contributed by atoms with Gasteiger partial charge in [0, 0.05) is 64.4 Å². The van der Waals surface area contributed by atoms with Crippen LogP contribution in [0.3, 0.4) is 0 Å². The third kappa shape index (κ3) is 12.4. The van der Waals surface area contributed by atoms with Gasteiger partial charge in [-0.25, -0.2) is 9.86 Å². The average Bonchev–Trinajstić information content (AvgIpc) is 3.37. The molecule has 410 valence electrons. The number of aliphatic hydroxyl groups excluding tert-OH is 2. The van der Waals surface area contributed by atoms with Crippen molar-refractivity contribution in [3.05, 3.63) is 63.7 Å². The lowest BCUT2D eigenvalue weighted by atomic mass is 9.68. The van der Waals surface area contributed by atoms with Gasteiger partial charge in [-0.05, 0) is 119 Å². The summed E-state index contributed by atoms with van der Waals surface area (Å²) in [5, 5.41) is 37.0. The molecule has 0 aromatic heterocycles. The Kier molecular flexibility index (Phi) is 19.5. The van der Waals surface area contributed by atoms with Gasteiger partial charge in [-0.1, -0.05) is 75.2 Å². The number of ketones is 3. The summed E-state index contributed by atoms with van der Waals surface area (Å²) in [6.07, 6.45) is 5.24. The fourth-order valence-corrected chi connectivity index (χ4v) is 13.2. The number of hydroxylamine groups is 1. The predicted octanol–water partition coefficient (Wildman–Crippen LogP) is 7.34. The van der Waals surface area contributed by atoms with E-state index in [0.717, 1.165) is 5.57 Å². The van der Waals surface area contributed by atoms with Crippen molar-refractivity contribution in [3.63, 3.8) is 0 Å². The van der Waals surface area contributed by atoms with Crippen molar-refractivity contribution in [2.75, 3.05) is 32.9 Å². The van der Waals surface area contributed by atoms with Crippen molar-refractivity contribution in [1.29, 1.82) is 0 Å². The number of halogens is 2. The maximum absolute atomic E-state index is 14.7. The number of Topliss-reactive ketones (excluding diaryl/α,β-unsaturated/α-hetero) is 3. The van der Waals surface area contributed by atoms with Crippen molar-refractivity contribution in [1.82, 2.24) is 4.90 Å². The number of anilines is 1. The minimum absolute atomic E-state index is 0.0281. The molecule has 10 rings (SSSR count). The molecule has 8 bridgehead atoms. The largest absolute Gasteiger partial charge is 0.460 e. The van der Waals surface area contributed by atoms with Crippen molar-refractivity contribution in [3.8, 4) is 0 Å². The summed E-state index contributed by atoms with van der Waals surface area (Å²) in [6.45, 7) is 10.7. The molecule has 1 aliphatic carbocycles. The number of esters is 1. The molecular formula is C56H78Cl2N2O14. The van der Waals surface area contributed by atoms with Gasteiger partial charge in [0.05, 0.1) is 40.5 Å². The number of methoxy groups -OCH3 is 3. The first-order valence-corrected chi connectivity index (χ1v) is 27.3. The first kappa shape index (κ1) is 58.1. The van der Waals surface area contributed by atoms with Crippen molar-refractivity contribution in [2.45, 2.75) is 179 Å². The number of hydrogen-bond acceptors (Lipinski definition) is 15. The highest BCUT2D eigenvalue weighted by atomic mass is 35.5. The molecule has 1 aromatic carbocycles. The molecule has 9 aliphatic rings. The summed E-state index contributed by atoms with van der Waals surface area (Å²) < 4.78 is 29.9. The lowest BCUT2D eigenvalue weighted by molar-refractivity contribution is -0.266. The number of rotatable bonds is 6. The third-order valence-corrected chi connectivity index (χ3v) is 17.7. The number of aliphatic hydroxyl groups is 3. The van der Waals surface area contributed by atoms with Crippen molar-refractivity contribution >= 4 is 58.1 Å². The van der Waals surface area contributed by atoms with Gasteiger partial charge in [0.25, 0.3) is 11.7 Å². The second-order valence-electron chi connectivity index (χ2n) is 22.1. The number of benzene rings is 1. The van der Waals surface area contributed by atoms with E-state index in [4.69, 9.17) is 51.7 Å². The molecule has 16 nitrogen and oxygen atoms in total. The fraction of sp³-hybridized carbons (Fsp3) is 0.696. The summed E-state index contributed by atoms with van der Waals surface area (Å²) in [6, 6.07) is 3.53. The smallest absolute Gasteiger partial charge is 0.329 e. The van der Waals surface area contributed by atoms with Gasteiger partial charge in [-0.2, -0.15) is 0 Å². The number of carbonyl (C=O) groups is 5. The van der Waals surface area contributed by atoms with Gasteiger partial charge in [-0.15, -0.1) is 0 Å². The zero-order valence-electron chi connectivity index (χ0n) is 44.3. The minimum atomic E-state index is -2.51. The molecule has 1 aromatic rings. The number of para-hydroxylation sites is 1. The first-order chi connectivity index (χ1) is 35.1. The molecule has 8 heterocycles. The standard InChI is InChI=1S/C56H78Cl2N2O14/c1-29-22-32(4)50(63)52(71-9)51(64)33(5)23-30(2)44(62)28-46-39(25-35-16-20-43(61)47(26-35)70-8)38-12-11-21-59(48(38)55(67)72-46)54(66)53(65)56(68)34(6)15-17-36(73-56)27-45(69-7)31(3)24-37-18-19-42(29)60(74-37)49-40(57)13-10-14-41(49)58/h10,13-14,18-19,23-24,29-30,32,34-39,42-43,45-48,51-52,61,64,68H,11-12,15-17,20-22,25-28H2,1-9H3/b31-24?,33-23+/t29-,30+,32+,34+,35-,36-,37?,38?,39-,42?,43+,45-,46-,47+,48-,51+,52-,56+/m0/s1. The SMILES string of the molecule is CO[C@H]1C[C@@H]2CC[C@@H](C)[C@@](O)(O2)C(=O)C(=O)N2CCCC3[C@H]2C(=O)O[C@@H](CC(=O)[C@H](C)/C=C(\C)[C@@H](O)[C@@H](OC)C(=O)[C@H](C)C[C@H](C)C2C=CC(C=C1C)ON2c1c(Cl)cccc1Cl)[C@H]3C[C@@H]1CC[C@@H](O)[C@H](OC)C1. The summed E-state index contributed by atoms with van der Waals surface area (Å²) in [5.41, 5.74) is 1.54. The molecule has 74 heavy (non-hydrogen) atoms. The number of hydrogen-bond donors (Lipinski definition) is 3. The molecule has 18 heteroatoms. The Hall–Kier alpha value is -3.55. The molecule has 3 saturated heterocycles. The highest BCUT2D eigenvalue weighted by Gasteiger charge is 2.57. The maximum Gasteiger partial charge on any atom is 0.329 e. The van der Waals surface area contributed by atoms with Crippen LogP contribution in [-0.4, -0.2) is 144 Å². The lowest BCUT2D eigenvalue weighted by Crippen LogP contribution is -2.65. The van der Waals surface area contributed by atoms with Crippen LogP contribution in [0.2, 0.25) is 10.0 Å². The number of allylic oxidation sites excluding steroid dienone is 1. The van der Waals surface area contributed by atoms with E-state index in [-0.39, 0.29) is 42.8 Å². The van der Waals surface area contributed by atoms with E-state index in [2.05, 4.69) is 0 Å². The Morgan fingerprint density at radius 1 is 0.838 bits per heavy atom. The second-order valence-corrected chi connectivity index (χ2v) is 22.9. The van der Waals surface area contributed by atoms with Crippen molar-refractivity contribution < 1.29 is 67.8 Å². The van der Waals surface area contributed by atoms with E-state index in [1.165, 1.54) is 12.0 Å². The molecule has 0 radical (unpaired) electrons. The van der Waals surface area contributed by atoms with Crippen LogP contribution >= 0.6 is 23.2 Å². The number of ether oxygens (including phenoxy) is 5. The molecule has 1 saturated carbocycles. The van der Waals surface area contributed by atoms with Gasteiger partial charge in [0.2, 0.25) is 5.79 Å². The Morgan fingerprint density at radius 2 is 1.55 bits per heavy atom. The predicted molar refractivity (Wildman–Crippen MR) is 277 cm³/mol. The third-order valence-electron chi connectivity index (χ3n) is 17.1. The molecule has 4 fully saturated rings. The minimum Gasteiger partial charge on any atom is -0.460 e. The summed E-state index contributed by atoms with van der Waals surface area (Å²) in [7, 11) is 4.47. The summed E-state index contributed by atoms with van der Waals surface area (Å²) in [5.74, 6) is -9.35. The second kappa shape index (κ2) is 24.8.